The van der Waals surface area contributed by atoms with Crippen LogP contribution >= 0.6 is 23.6 Å². The van der Waals surface area contributed by atoms with Crippen molar-refractivity contribution in [2.45, 2.75) is 6.92 Å². The lowest BCUT2D eigenvalue weighted by atomic mass is 10.4. The fraction of sp³-hybridized carbons (Fsp3) is 0.167. The van der Waals surface area contributed by atoms with Crippen LogP contribution in [0.1, 0.15) is 5.56 Å². The Hall–Kier alpha value is -0.210. The molecule has 0 aliphatic carbocycles. The standard InChI is InChI=1S/C6H6S2/c1-5-3-2-4-8-6(5)7/h2-4H,1H3. The van der Waals surface area contributed by atoms with E-state index in [-0.39, 0.29) is 0 Å². The summed E-state index contributed by atoms with van der Waals surface area (Å²) in [4.78, 5) is 0. The third-order valence-corrected chi connectivity index (χ3v) is 2.36. The molecule has 0 unspecified atom stereocenters. The molecule has 1 aromatic rings. The van der Waals surface area contributed by atoms with E-state index in [1.807, 2.05) is 24.4 Å². The van der Waals surface area contributed by atoms with Gasteiger partial charge in [-0.05, 0) is 17.9 Å². The molecule has 8 heavy (non-hydrogen) atoms. The predicted molar refractivity (Wildman–Crippen MR) is 39.9 cm³/mol. The Morgan fingerprint density at radius 2 is 2.38 bits per heavy atom. The zero-order valence-electron chi connectivity index (χ0n) is 4.55. The fourth-order valence-electron chi connectivity index (χ4n) is 0.446. The summed E-state index contributed by atoms with van der Waals surface area (Å²) >= 11 is 6.58. The van der Waals surface area contributed by atoms with Gasteiger partial charge >= 0.3 is 0 Å². The maximum absolute atomic E-state index is 4.97. The van der Waals surface area contributed by atoms with Gasteiger partial charge in [0, 0.05) is 0 Å². The molecule has 0 spiro atoms. The Morgan fingerprint density at radius 3 is 2.75 bits per heavy atom. The van der Waals surface area contributed by atoms with Crippen LogP contribution < -0.4 is 0 Å². The van der Waals surface area contributed by atoms with Gasteiger partial charge in [-0.25, -0.2) is 0 Å². The molecule has 0 amide bonds. The van der Waals surface area contributed by atoms with E-state index in [4.69, 9.17) is 12.2 Å². The van der Waals surface area contributed by atoms with Crippen LogP contribution in [-0.4, -0.2) is 0 Å². The monoisotopic (exact) mass is 142 g/mol. The van der Waals surface area contributed by atoms with Crippen molar-refractivity contribution < 1.29 is 0 Å². The van der Waals surface area contributed by atoms with Crippen LogP contribution in [0.2, 0.25) is 0 Å². The Balaban J connectivity index is 3.35. The van der Waals surface area contributed by atoms with Gasteiger partial charge in [-0.1, -0.05) is 24.4 Å². The summed E-state index contributed by atoms with van der Waals surface area (Å²) in [5, 5.41) is 2.00. The summed E-state index contributed by atoms with van der Waals surface area (Å²) in [6.07, 6.45) is 0. The maximum Gasteiger partial charge on any atom is 0.0928 e. The van der Waals surface area contributed by atoms with E-state index in [0.717, 1.165) is 3.82 Å². The SMILES string of the molecule is Cc1cccsc1=S. The molecule has 1 rings (SSSR count). The molecular weight excluding hydrogens is 136 g/mol. The summed E-state index contributed by atoms with van der Waals surface area (Å²) in [5.74, 6) is 0. The molecule has 42 valence electrons. The average Bonchev–Trinajstić information content (AvgIpc) is 1.77. The molecule has 0 aliphatic rings. The third-order valence-electron chi connectivity index (χ3n) is 0.922. The maximum atomic E-state index is 4.97. The predicted octanol–water partition coefficient (Wildman–Crippen LogP) is 2.79. The molecule has 0 radical (unpaired) electrons. The molecule has 0 saturated heterocycles. The van der Waals surface area contributed by atoms with Crippen molar-refractivity contribution in [3.8, 4) is 0 Å². The summed E-state index contributed by atoms with van der Waals surface area (Å²) in [6, 6.07) is 4.04. The summed E-state index contributed by atoms with van der Waals surface area (Å²) in [7, 11) is 0. The van der Waals surface area contributed by atoms with Crippen LogP contribution in [0.5, 0.6) is 0 Å². The lowest BCUT2D eigenvalue weighted by Gasteiger charge is -1.84. The lowest BCUT2D eigenvalue weighted by Crippen LogP contribution is -1.64. The molecule has 2 heteroatoms. The Kier molecular flexibility index (Phi) is 1.76. The molecule has 0 bridgehead atoms. The molecule has 0 fully saturated rings. The van der Waals surface area contributed by atoms with E-state index in [2.05, 4.69) is 0 Å². The van der Waals surface area contributed by atoms with E-state index in [1.54, 1.807) is 11.3 Å². The first-order valence-corrected chi connectivity index (χ1v) is 3.64. The number of rotatable bonds is 0. The Morgan fingerprint density at radius 1 is 1.62 bits per heavy atom. The molecular formula is C6H6S2. The van der Waals surface area contributed by atoms with Crippen molar-refractivity contribution in [1.29, 1.82) is 0 Å². The largest absolute Gasteiger partial charge is 0.132 e. The lowest BCUT2D eigenvalue weighted by molar-refractivity contribution is 1.51. The smallest absolute Gasteiger partial charge is 0.0928 e. The van der Waals surface area contributed by atoms with Crippen LogP contribution in [0.3, 0.4) is 0 Å². The zero-order valence-corrected chi connectivity index (χ0v) is 6.18. The van der Waals surface area contributed by atoms with Gasteiger partial charge < -0.3 is 0 Å². The van der Waals surface area contributed by atoms with Crippen molar-refractivity contribution in [2.24, 2.45) is 0 Å². The summed E-state index contributed by atoms with van der Waals surface area (Å²) in [6.45, 7) is 2.03. The van der Waals surface area contributed by atoms with Gasteiger partial charge in [0.1, 0.15) is 0 Å². The van der Waals surface area contributed by atoms with Gasteiger partial charge in [0.25, 0.3) is 0 Å². The van der Waals surface area contributed by atoms with Crippen LogP contribution in [0, 0.1) is 10.7 Å². The first-order chi connectivity index (χ1) is 3.80. The van der Waals surface area contributed by atoms with E-state index in [9.17, 15) is 0 Å². The van der Waals surface area contributed by atoms with Crippen molar-refractivity contribution in [2.75, 3.05) is 0 Å². The molecule has 1 aromatic heterocycles. The third kappa shape index (κ3) is 1.14. The minimum atomic E-state index is 0.993. The topological polar surface area (TPSA) is 0 Å². The van der Waals surface area contributed by atoms with Crippen LogP contribution in [0.15, 0.2) is 17.5 Å². The van der Waals surface area contributed by atoms with Gasteiger partial charge in [0.05, 0.1) is 3.82 Å². The van der Waals surface area contributed by atoms with E-state index >= 15 is 0 Å². The van der Waals surface area contributed by atoms with Crippen LogP contribution in [-0.2, 0) is 0 Å². The second-order valence-electron chi connectivity index (χ2n) is 1.58. The van der Waals surface area contributed by atoms with Gasteiger partial charge in [0.15, 0.2) is 0 Å². The molecule has 0 N–H and O–H groups in total. The molecule has 0 aliphatic heterocycles. The second-order valence-corrected chi connectivity index (χ2v) is 3.17. The first-order valence-electron chi connectivity index (χ1n) is 2.35. The van der Waals surface area contributed by atoms with E-state index < -0.39 is 0 Å². The number of hydrogen-bond acceptors (Lipinski definition) is 2. The highest BCUT2D eigenvalue weighted by atomic mass is 32.1. The van der Waals surface area contributed by atoms with Gasteiger partial charge in [-0.15, -0.1) is 11.3 Å². The van der Waals surface area contributed by atoms with Crippen molar-refractivity contribution in [3.05, 3.63) is 26.9 Å². The molecule has 0 aromatic carbocycles. The van der Waals surface area contributed by atoms with Gasteiger partial charge in [-0.3, -0.25) is 0 Å². The van der Waals surface area contributed by atoms with Crippen molar-refractivity contribution in [3.63, 3.8) is 0 Å². The average molecular weight is 142 g/mol. The number of aryl methyl sites for hydroxylation is 1. The summed E-state index contributed by atoms with van der Waals surface area (Å²) in [5.41, 5.74) is 1.20. The highest BCUT2D eigenvalue weighted by Crippen LogP contribution is 2.04. The van der Waals surface area contributed by atoms with Gasteiger partial charge in [-0.2, -0.15) is 0 Å². The summed E-state index contributed by atoms with van der Waals surface area (Å²) < 4.78 is 0.993. The molecule has 0 nitrogen and oxygen atoms in total. The van der Waals surface area contributed by atoms with Crippen LogP contribution in [0.25, 0.3) is 0 Å². The Labute approximate surface area is 57.8 Å². The minimum Gasteiger partial charge on any atom is -0.132 e. The number of hydrogen-bond donors (Lipinski definition) is 0. The van der Waals surface area contributed by atoms with Crippen molar-refractivity contribution in [1.82, 2.24) is 0 Å². The molecule has 1 heterocycles. The van der Waals surface area contributed by atoms with E-state index in [0.29, 0.717) is 0 Å². The fourth-order valence-corrected chi connectivity index (χ4v) is 1.22. The second kappa shape index (κ2) is 2.37. The highest BCUT2D eigenvalue weighted by Gasteiger charge is 1.80. The van der Waals surface area contributed by atoms with Crippen LogP contribution in [0.4, 0.5) is 0 Å². The quantitative estimate of drug-likeness (QED) is 0.502. The minimum absolute atomic E-state index is 0.993. The molecule has 0 saturated carbocycles. The molecule has 0 atom stereocenters. The van der Waals surface area contributed by atoms with Gasteiger partial charge in [0.2, 0.25) is 0 Å². The first kappa shape index (κ1) is 5.92. The zero-order chi connectivity index (χ0) is 5.98. The van der Waals surface area contributed by atoms with Crippen molar-refractivity contribution >= 4 is 23.6 Å². The Bertz CT molecular complexity index is 224. The highest BCUT2D eigenvalue weighted by molar-refractivity contribution is 7.73. The van der Waals surface area contributed by atoms with E-state index in [1.165, 1.54) is 5.56 Å². The normalized spacial score (nSPS) is 9.12.